The molecule has 10 heteroatoms. The lowest BCUT2D eigenvalue weighted by atomic mass is 10.1. The van der Waals surface area contributed by atoms with Crippen molar-refractivity contribution in [3.8, 4) is 5.95 Å². The molecule has 10 nitrogen and oxygen atoms in total. The second kappa shape index (κ2) is 8.51. The lowest BCUT2D eigenvalue weighted by Gasteiger charge is -2.28. The molecule has 2 saturated heterocycles. The molecule has 174 valence electrons. The van der Waals surface area contributed by atoms with Crippen molar-refractivity contribution in [1.82, 2.24) is 34.2 Å². The molecule has 0 spiro atoms. The molecular formula is C23H30N8O2. The van der Waals surface area contributed by atoms with Gasteiger partial charge in [-0.15, -0.1) is 0 Å². The van der Waals surface area contributed by atoms with Crippen LogP contribution in [-0.4, -0.2) is 93.9 Å². The number of hydrogen-bond acceptors (Lipinski definition) is 8. The maximum atomic E-state index is 5.59. The number of ether oxygens (including phenoxy) is 2. The van der Waals surface area contributed by atoms with Crippen molar-refractivity contribution in [3.05, 3.63) is 29.9 Å². The van der Waals surface area contributed by atoms with Crippen LogP contribution in [0.1, 0.15) is 30.3 Å². The molecule has 0 aromatic carbocycles. The largest absolute Gasteiger partial charge is 0.378 e. The third-order valence-corrected chi connectivity index (χ3v) is 6.87. The molecule has 0 bridgehead atoms. The average Bonchev–Trinajstić information content (AvgIpc) is 3.59. The van der Waals surface area contributed by atoms with Crippen molar-refractivity contribution in [2.24, 2.45) is 7.05 Å². The van der Waals surface area contributed by atoms with Crippen LogP contribution >= 0.6 is 0 Å². The minimum absolute atomic E-state index is 0.461. The summed E-state index contributed by atoms with van der Waals surface area (Å²) in [6.45, 7) is 6.43. The van der Waals surface area contributed by atoms with Crippen LogP contribution in [0, 0.1) is 0 Å². The molecular weight excluding hydrogens is 420 g/mol. The highest BCUT2D eigenvalue weighted by molar-refractivity contribution is 5.87. The highest BCUT2D eigenvalue weighted by Gasteiger charge is 2.26. The van der Waals surface area contributed by atoms with Gasteiger partial charge < -0.3 is 23.8 Å². The van der Waals surface area contributed by atoms with E-state index in [0.29, 0.717) is 38.3 Å². The van der Waals surface area contributed by atoms with Gasteiger partial charge in [0.15, 0.2) is 17.0 Å². The molecule has 0 N–H and O–H groups in total. The van der Waals surface area contributed by atoms with E-state index >= 15 is 0 Å². The molecule has 0 radical (unpaired) electrons. The molecule has 2 fully saturated rings. The third kappa shape index (κ3) is 3.81. The number of imidazole rings is 1. The zero-order chi connectivity index (χ0) is 22.4. The van der Waals surface area contributed by atoms with Crippen LogP contribution < -0.4 is 4.90 Å². The van der Waals surface area contributed by atoms with Crippen molar-refractivity contribution in [3.63, 3.8) is 0 Å². The Labute approximate surface area is 192 Å². The number of likely N-dealkylation sites (N-methyl/N-ethyl adjacent to an activating group) is 1. The Morgan fingerprint density at radius 2 is 1.88 bits per heavy atom. The molecule has 0 saturated carbocycles. The van der Waals surface area contributed by atoms with Crippen molar-refractivity contribution in [1.29, 1.82) is 0 Å². The van der Waals surface area contributed by atoms with Crippen LogP contribution in [0.4, 0.5) is 5.82 Å². The lowest BCUT2D eigenvalue weighted by molar-refractivity contribution is 0.122. The topological polar surface area (TPSA) is 86.4 Å². The first kappa shape index (κ1) is 20.8. The highest BCUT2D eigenvalue weighted by Crippen LogP contribution is 2.30. The Kier molecular flexibility index (Phi) is 5.35. The van der Waals surface area contributed by atoms with E-state index < -0.39 is 0 Å². The van der Waals surface area contributed by atoms with Crippen LogP contribution in [0.5, 0.6) is 0 Å². The number of anilines is 1. The zero-order valence-corrected chi connectivity index (χ0v) is 19.3. The number of hydrogen-bond donors (Lipinski definition) is 0. The smallest absolute Gasteiger partial charge is 0.254 e. The van der Waals surface area contributed by atoms with Gasteiger partial charge in [0.05, 0.1) is 32.1 Å². The summed E-state index contributed by atoms with van der Waals surface area (Å²) >= 11 is 0. The Morgan fingerprint density at radius 3 is 2.64 bits per heavy atom. The second-order valence-electron chi connectivity index (χ2n) is 9.10. The van der Waals surface area contributed by atoms with Crippen LogP contribution in [0.3, 0.4) is 0 Å². The molecule has 6 rings (SSSR count). The monoisotopic (exact) mass is 450 g/mol. The molecule has 0 amide bonds. The highest BCUT2D eigenvalue weighted by atomic mass is 16.5. The van der Waals surface area contributed by atoms with E-state index in [-0.39, 0.29) is 0 Å². The number of fused-ring (bicyclic) bond motifs is 1. The number of aromatic nitrogens is 6. The molecule has 3 aliphatic rings. The van der Waals surface area contributed by atoms with Crippen LogP contribution in [0.15, 0.2) is 18.3 Å². The average molecular weight is 451 g/mol. The Morgan fingerprint density at radius 1 is 1.00 bits per heavy atom. The summed E-state index contributed by atoms with van der Waals surface area (Å²) in [4.78, 5) is 19.5. The zero-order valence-electron chi connectivity index (χ0n) is 19.3. The first-order chi connectivity index (χ1) is 16.2. The fraction of sp³-hybridized carbons (Fsp3) is 0.565. The summed E-state index contributed by atoms with van der Waals surface area (Å²) in [5.41, 5.74) is 3.95. The first-order valence-electron chi connectivity index (χ1n) is 11.8. The van der Waals surface area contributed by atoms with Gasteiger partial charge in [-0.1, -0.05) is 6.08 Å². The number of likely N-dealkylation sites (tertiary alicyclic amines) is 1. The first-order valence-corrected chi connectivity index (χ1v) is 11.8. The molecule has 1 atom stereocenters. The van der Waals surface area contributed by atoms with Crippen molar-refractivity contribution < 1.29 is 9.47 Å². The molecule has 3 aromatic rings. The fourth-order valence-corrected chi connectivity index (χ4v) is 4.99. The van der Waals surface area contributed by atoms with E-state index in [1.54, 1.807) is 0 Å². The molecule has 1 unspecified atom stereocenters. The van der Waals surface area contributed by atoms with Crippen LogP contribution in [0.2, 0.25) is 0 Å². The molecule has 6 heterocycles. The lowest BCUT2D eigenvalue weighted by Crippen LogP contribution is -2.37. The molecule has 33 heavy (non-hydrogen) atoms. The fourth-order valence-electron chi connectivity index (χ4n) is 4.99. The van der Waals surface area contributed by atoms with Gasteiger partial charge in [-0.25, -0.2) is 9.67 Å². The Balaban J connectivity index is 1.45. The predicted octanol–water partition coefficient (Wildman–Crippen LogP) is 1.61. The number of morpholine rings is 1. The summed E-state index contributed by atoms with van der Waals surface area (Å²) in [5, 5.41) is 4.88. The summed E-state index contributed by atoms with van der Waals surface area (Å²) in [6, 6.07) is 2.10. The standard InChI is InChI=1S/C23H30N8O2/c1-28-7-3-17(15-28)18-4-8-31(27-18)23-25-21-19(22(26-23)30-9-13-33-14-10-30)24-20(29(21)2)16-5-11-32-12-6-16/h4-5,8,17H,3,6-7,9-15H2,1-2H3. The van der Waals surface area contributed by atoms with Gasteiger partial charge in [-0.3, -0.25) is 0 Å². The van der Waals surface area contributed by atoms with Crippen molar-refractivity contribution >= 4 is 22.6 Å². The van der Waals surface area contributed by atoms with Gasteiger partial charge in [-0.05, 0) is 38.1 Å². The van der Waals surface area contributed by atoms with E-state index in [2.05, 4.69) is 33.6 Å². The predicted molar refractivity (Wildman–Crippen MR) is 125 cm³/mol. The quantitative estimate of drug-likeness (QED) is 0.593. The van der Waals surface area contributed by atoms with Gasteiger partial charge in [0.2, 0.25) is 0 Å². The van der Waals surface area contributed by atoms with Gasteiger partial charge >= 0.3 is 0 Å². The summed E-state index contributed by atoms with van der Waals surface area (Å²) in [5.74, 6) is 2.83. The van der Waals surface area contributed by atoms with Gasteiger partial charge in [0.25, 0.3) is 5.95 Å². The third-order valence-electron chi connectivity index (χ3n) is 6.87. The number of aryl methyl sites for hydroxylation is 1. The SMILES string of the molecule is CN1CCC(c2ccn(-c3nc(N4CCOCC4)c4nc(C5=CCOCC5)n(C)c4n3)n2)C1. The van der Waals surface area contributed by atoms with E-state index in [1.165, 1.54) is 5.57 Å². The van der Waals surface area contributed by atoms with E-state index in [9.17, 15) is 0 Å². The summed E-state index contributed by atoms with van der Waals surface area (Å²) in [7, 11) is 4.19. The molecule has 3 aliphatic heterocycles. The molecule has 3 aromatic heterocycles. The van der Waals surface area contributed by atoms with Crippen LogP contribution in [-0.2, 0) is 16.5 Å². The second-order valence-corrected chi connectivity index (χ2v) is 9.10. The minimum Gasteiger partial charge on any atom is -0.378 e. The maximum absolute atomic E-state index is 5.59. The maximum Gasteiger partial charge on any atom is 0.254 e. The van der Waals surface area contributed by atoms with Gasteiger partial charge in [0, 0.05) is 38.8 Å². The Hall–Kier alpha value is -2.82. The van der Waals surface area contributed by atoms with E-state index in [1.807, 2.05) is 17.9 Å². The number of nitrogens with zero attached hydrogens (tertiary/aromatic N) is 8. The Bertz CT molecular complexity index is 1190. The summed E-state index contributed by atoms with van der Waals surface area (Å²) < 4.78 is 15.0. The molecule has 0 aliphatic carbocycles. The van der Waals surface area contributed by atoms with Gasteiger partial charge in [0.1, 0.15) is 5.82 Å². The van der Waals surface area contributed by atoms with Gasteiger partial charge in [-0.2, -0.15) is 15.1 Å². The number of rotatable bonds is 4. The minimum atomic E-state index is 0.461. The summed E-state index contributed by atoms with van der Waals surface area (Å²) in [6.07, 6.45) is 6.08. The normalized spacial score (nSPS) is 22.3. The van der Waals surface area contributed by atoms with Crippen LogP contribution in [0.25, 0.3) is 22.7 Å². The van der Waals surface area contributed by atoms with E-state index in [0.717, 1.165) is 67.5 Å². The van der Waals surface area contributed by atoms with Crippen molar-refractivity contribution in [2.45, 2.75) is 18.8 Å². The van der Waals surface area contributed by atoms with E-state index in [4.69, 9.17) is 29.5 Å². The van der Waals surface area contributed by atoms with Crippen molar-refractivity contribution in [2.75, 3.05) is 64.6 Å².